The smallest absolute Gasteiger partial charge is 0.148 e. The number of nitrogens with one attached hydrogen (secondary N) is 1. The third-order valence-electron chi connectivity index (χ3n) is 6.39. The number of nitrogens with zero attached hydrogens (tertiary/aromatic N) is 5. The van der Waals surface area contributed by atoms with Crippen molar-refractivity contribution in [2.24, 2.45) is 5.73 Å². The van der Waals surface area contributed by atoms with E-state index in [0.29, 0.717) is 29.7 Å². The van der Waals surface area contributed by atoms with E-state index in [4.69, 9.17) is 16.1 Å². The fourth-order valence-corrected chi connectivity index (χ4v) is 4.36. The number of rotatable bonds is 6. The van der Waals surface area contributed by atoms with Gasteiger partial charge in [-0.15, -0.1) is 5.10 Å². The fourth-order valence-electron chi connectivity index (χ4n) is 4.36. The van der Waals surface area contributed by atoms with E-state index in [-0.39, 0.29) is 12.2 Å². The Morgan fingerprint density at radius 2 is 1.92 bits per heavy atom. The Morgan fingerprint density at radius 1 is 1.11 bits per heavy atom. The average Bonchev–Trinajstić information content (AvgIpc) is 3.57. The molecule has 8 nitrogen and oxygen atoms in total. The second-order valence-corrected chi connectivity index (χ2v) is 9.05. The number of nitriles is 1. The summed E-state index contributed by atoms with van der Waals surface area (Å²) in [5.74, 6) is 0.0646. The van der Waals surface area contributed by atoms with E-state index >= 15 is 0 Å². The lowest BCUT2D eigenvalue weighted by molar-refractivity contribution is 0.269. The Balaban J connectivity index is 0.000000396. The summed E-state index contributed by atoms with van der Waals surface area (Å²) in [6.45, 7) is 0.449. The Labute approximate surface area is 216 Å². The molecule has 0 spiro atoms. The van der Waals surface area contributed by atoms with Crippen LogP contribution in [0, 0.1) is 17.1 Å². The number of hydrogen-bond donors (Lipinski definition) is 3. The highest BCUT2D eigenvalue weighted by Crippen LogP contribution is 2.29. The van der Waals surface area contributed by atoms with E-state index < -0.39 is 5.82 Å². The highest BCUT2D eigenvalue weighted by atomic mass is 19.1. The summed E-state index contributed by atoms with van der Waals surface area (Å²) in [5, 5.41) is 29.9. The maximum absolute atomic E-state index is 14.2. The number of aromatic nitrogens is 4. The van der Waals surface area contributed by atoms with Crippen molar-refractivity contribution in [2.45, 2.75) is 44.7 Å². The number of hydrogen-bond acceptors (Lipinski definition) is 6. The number of anilines is 1. The number of aliphatic hydroxyl groups is 1. The molecule has 2 heterocycles. The average molecular weight is 502 g/mol. The predicted molar refractivity (Wildman–Crippen MR) is 143 cm³/mol. The van der Waals surface area contributed by atoms with Crippen molar-refractivity contribution >= 4 is 5.82 Å². The van der Waals surface area contributed by atoms with Crippen molar-refractivity contribution in [1.29, 1.82) is 5.26 Å². The van der Waals surface area contributed by atoms with Crippen molar-refractivity contribution in [3.05, 3.63) is 72.3 Å². The molecule has 37 heavy (non-hydrogen) atoms. The van der Waals surface area contributed by atoms with Gasteiger partial charge in [-0.1, -0.05) is 37.5 Å². The maximum Gasteiger partial charge on any atom is 0.148 e. The molecule has 2 aromatic carbocycles. The Bertz CT molecular complexity index is 1370. The van der Waals surface area contributed by atoms with E-state index in [0.717, 1.165) is 16.8 Å². The predicted octanol–water partition coefficient (Wildman–Crippen LogP) is 4.73. The molecule has 4 N–H and O–H groups in total. The summed E-state index contributed by atoms with van der Waals surface area (Å²) in [4.78, 5) is 0. The quantitative estimate of drug-likeness (QED) is 0.352. The molecule has 0 bridgehead atoms. The van der Waals surface area contributed by atoms with Gasteiger partial charge in [-0.3, -0.25) is 4.68 Å². The first-order valence-corrected chi connectivity index (χ1v) is 12.5. The lowest BCUT2D eigenvalue weighted by Crippen LogP contribution is -2.22. The summed E-state index contributed by atoms with van der Waals surface area (Å²) in [5.41, 5.74) is 9.59. The van der Waals surface area contributed by atoms with Gasteiger partial charge in [0.25, 0.3) is 0 Å². The first-order valence-electron chi connectivity index (χ1n) is 12.5. The molecule has 192 valence electrons. The second kappa shape index (κ2) is 12.3. The van der Waals surface area contributed by atoms with Gasteiger partial charge in [-0.25, -0.2) is 9.07 Å². The molecule has 1 aliphatic carbocycles. The van der Waals surface area contributed by atoms with Crippen LogP contribution in [0.3, 0.4) is 0 Å². The zero-order valence-electron chi connectivity index (χ0n) is 20.9. The largest absolute Gasteiger partial charge is 0.394 e. The summed E-state index contributed by atoms with van der Waals surface area (Å²) in [7, 11) is 1.77. The molecule has 0 unspecified atom stereocenters. The third-order valence-corrected chi connectivity index (χ3v) is 6.39. The lowest BCUT2D eigenvalue weighted by atomic mass is 9.97. The van der Waals surface area contributed by atoms with Crippen molar-refractivity contribution in [2.75, 3.05) is 19.0 Å². The van der Waals surface area contributed by atoms with E-state index in [2.05, 4.69) is 15.5 Å². The molecule has 0 atom stereocenters. The van der Waals surface area contributed by atoms with E-state index in [1.807, 2.05) is 42.6 Å². The van der Waals surface area contributed by atoms with Gasteiger partial charge in [-0.2, -0.15) is 10.4 Å². The highest BCUT2D eigenvalue weighted by Gasteiger charge is 2.14. The minimum atomic E-state index is -0.571. The monoisotopic (exact) mass is 501 g/mol. The van der Waals surface area contributed by atoms with Crippen molar-refractivity contribution in [3.63, 3.8) is 0 Å². The van der Waals surface area contributed by atoms with E-state index in [1.165, 1.54) is 44.2 Å². The van der Waals surface area contributed by atoms with Crippen LogP contribution in [0.5, 0.6) is 0 Å². The van der Waals surface area contributed by atoms with Crippen LogP contribution >= 0.6 is 0 Å². The number of nitrogens with two attached hydrogens (primary N) is 1. The molecule has 1 saturated carbocycles. The van der Waals surface area contributed by atoms with Gasteiger partial charge >= 0.3 is 0 Å². The zero-order valence-corrected chi connectivity index (χ0v) is 20.9. The van der Waals surface area contributed by atoms with Crippen LogP contribution in [0.25, 0.3) is 28.1 Å². The number of benzene rings is 2. The SMILES string of the molecule is CNc1cc(-c2ccc(C#N)c(F)c2)n(-c2cccc(-c3cnn(CCO)c3)c2)n1.NC1CCCCC1. The number of halogens is 1. The van der Waals surface area contributed by atoms with Crippen molar-refractivity contribution < 1.29 is 9.50 Å². The van der Waals surface area contributed by atoms with Crippen molar-refractivity contribution in [1.82, 2.24) is 19.6 Å². The Kier molecular flexibility index (Phi) is 8.67. The first-order chi connectivity index (χ1) is 18.0. The standard InChI is InChI=1S/C22H19FN6O.C6H13N/c1-25-22-11-21(16-5-6-17(12-24)20(23)10-16)29(27-22)19-4-2-3-15(9-19)18-13-26-28(14-18)7-8-30;7-6-4-2-1-3-5-6/h2-6,9-11,13-14,30H,7-8H2,1H3,(H,25,27);6H,1-5,7H2. The highest BCUT2D eigenvalue weighted by molar-refractivity contribution is 5.69. The van der Waals surface area contributed by atoms with Crippen molar-refractivity contribution in [3.8, 4) is 34.1 Å². The molecular weight excluding hydrogens is 469 g/mol. The molecule has 0 saturated heterocycles. The summed E-state index contributed by atoms with van der Waals surface area (Å²) in [6.07, 6.45) is 10.3. The van der Waals surface area contributed by atoms with E-state index in [9.17, 15) is 4.39 Å². The Morgan fingerprint density at radius 3 is 2.57 bits per heavy atom. The molecule has 0 aliphatic heterocycles. The van der Waals surface area contributed by atoms with Gasteiger partial charge in [0, 0.05) is 36.5 Å². The van der Waals surface area contributed by atoms with Gasteiger partial charge in [0.05, 0.1) is 36.3 Å². The molecule has 0 radical (unpaired) electrons. The van der Waals surface area contributed by atoms with Crippen LogP contribution < -0.4 is 11.1 Å². The molecule has 0 amide bonds. The minimum absolute atomic E-state index is 0.000504. The maximum atomic E-state index is 14.2. The first kappa shape index (κ1) is 26.1. The van der Waals surface area contributed by atoms with Crippen LogP contribution in [-0.2, 0) is 6.54 Å². The zero-order chi connectivity index (χ0) is 26.2. The summed E-state index contributed by atoms with van der Waals surface area (Å²) < 4.78 is 17.6. The van der Waals surface area contributed by atoms with Crippen LogP contribution in [0.15, 0.2) is 60.9 Å². The van der Waals surface area contributed by atoms with Crippen LogP contribution in [0.4, 0.5) is 10.2 Å². The van der Waals surface area contributed by atoms with Gasteiger partial charge in [-0.05, 0) is 42.7 Å². The molecule has 1 fully saturated rings. The second-order valence-electron chi connectivity index (χ2n) is 9.05. The Hall–Kier alpha value is -4.00. The molecule has 9 heteroatoms. The van der Waals surface area contributed by atoms with Crippen LogP contribution in [0.1, 0.15) is 37.7 Å². The third kappa shape index (κ3) is 6.42. The summed E-state index contributed by atoms with van der Waals surface area (Å²) >= 11 is 0. The molecule has 4 aromatic rings. The fraction of sp³-hybridized carbons (Fsp3) is 0.321. The number of aliphatic hydroxyl groups excluding tert-OH is 1. The molecule has 1 aliphatic rings. The minimum Gasteiger partial charge on any atom is -0.394 e. The van der Waals surface area contributed by atoms with Crippen LogP contribution in [-0.4, -0.2) is 44.4 Å². The van der Waals surface area contributed by atoms with E-state index in [1.54, 1.807) is 28.7 Å². The molecular formula is C28H32FN7O. The topological polar surface area (TPSA) is 118 Å². The summed E-state index contributed by atoms with van der Waals surface area (Å²) in [6, 6.07) is 16.5. The normalized spacial score (nSPS) is 13.5. The van der Waals surface area contributed by atoms with Gasteiger partial charge in [0.2, 0.25) is 0 Å². The molecule has 5 rings (SSSR count). The van der Waals surface area contributed by atoms with Gasteiger partial charge < -0.3 is 16.2 Å². The van der Waals surface area contributed by atoms with Gasteiger partial charge in [0.1, 0.15) is 17.7 Å². The van der Waals surface area contributed by atoms with Crippen LogP contribution in [0.2, 0.25) is 0 Å². The lowest BCUT2D eigenvalue weighted by Gasteiger charge is -2.15. The van der Waals surface area contributed by atoms with Gasteiger partial charge in [0.15, 0.2) is 0 Å². The molecule has 2 aromatic heterocycles.